The Balaban J connectivity index is 0.000000362. The topological polar surface area (TPSA) is 251 Å². The number of aryl methyl sites for hydroxylation is 2. The minimum Gasteiger partial charge on any atom is -0.870 e. The second-order valence-electron chi connectivity index (χ2n) is 10.5. The number of nitrogens with one attached hydrogen (secondary N) is 1. The van der Waals surface area contributed by atoms with Gasteiger partial charge in [0.05, 0.1) is 27.9 Å². The standard InChI is InChI=1S/C19H17N2O6S2.C13H11N3O4.Na.H2O/c1-11-8-15(17(27-2)10-18(11)28(23)24)20-21-19-14-6-5-13(29(3,25)26)9-12(14)4-7-16(19)22;1-9-2-4-10(5-3-9)14-12-7-6-11(15(17)18)8-13(12)16(19)20;;/h4-10,22H,1-3H3;2-8,14H,1H3;;1H2/q-1;;+1;/p-1. The SMILES string of the molecule is COc1cc([S-](=O)=O)c(C)cc1N=Nc1c(O)ccc2cc(S(C)(=O)=O)ccc12.Cc1ccc(Nc2ccc([N+](=O)[O-])cc2[N+](=O)[O-])cc1.[Na+].[OH-]. The maximum absolute atomic E-state index is 11.8. The first-order valence-corrected chi connectivity index (χ1v) is 17.0. The van der Waals surface area contributed by atoms with Crippen LogP contribution in [0.5, 0.6) is 11.5 Å². The molecule has 0 atom stereocenters. The van der Waals surface area contributed by atoms with Gasteiger partial charge in [-0.2, -0.15) is 0 Å². The van der Waals surface area contributed by atoms with Gasteiger partial charge in [-0.1, -0.05) is 40.3 Å². The van der Waals surface area contributed by atoms with Gasteiger partial charge in [0.2, 0.25) is 0 Å². The van der Waals surface area contributed by atoms with Gasteiger partial charge in [-0.05, 0) is 78.5 Å². The van der Waals surface area contributed by atoms with Gasteiger partial charge in [-0.25, -0.2) is 8.42 Å². The summed E-state index contributed by atoms with van der Waals surface area (Å²) in [6, 6.07) is 21.1. The first kappa shape index (κ1) is 42.2. The third-order valence-electron chi connectivity index (χ3n) is 7.00. The Labute approximate surface area is 315 Å². The third-order valence-corrected chi connectivity index (χ3v) is 8.91. The number of anilines is 2. The summed E-state index contributed by atoms with van der Waals surface area (Å²) in [4.78, 5) is 20.6. The molecule has 0 amide bonds. The van der Waals surface area contributed by atoms with Crippen molar-refractivity contribution in [3.8, 4) is 11.5 Å². The van der Waals surface area contributed by atoms with Crippen LogP contribution in [0.1, 0.15) is 11.1 Å². The predicted octanol–water partition coefficient (Wildman–Crippen LogP) is 4.73. The summed E-state index contributed by atoms with van der Waals surface area (Å²) >= 11 is 0. The summed E-state index contributed by atoms with van der Waals surface area (Å²) in [6.07, 6.45) is 1.11. The van der Waals surface area contributed by atoms with Crippen LogP contribution in [0.3, 0.4) is 0 Å². The molecule has 0 aliphatic rings. The van der Waals surface area contributed by atoms with Gasteiger partial charge < -0.3 is 29.1 Å². The molecule has 0 spiro atoms. The first-order valence-electron chi connectivity index (χ1n) is 14.0. The van der Waals surface area contributed by atoms with Crippen molar-refractivity contribution in [3.05, 3.63) is 116 Å². The van der Waals surface area contributed by atoms with E-state index in [0.717, 1.165) is 17.9 Å². The average molecular weight is 747 g/mol. The Morgan fingerprint density at radius 2 is 1.53 bits per heavy atom. The molecule has 0 radical (unpaired) electrons. The van der Waals surface area contributed by atoms with E-state index in [4.69, 9.17) is 4.74 Å². The zero-order valence-corrected chi connectivity index (χ0v) is 31.4. The van der Waals surface area contributed by atoms with Gasteiger partial charge in [0, 0.05) is 23.4 Å². The quantitative estimate of drug-likeness (QED) is 0.0683. The molecular formula is C32H29N5NaO11S2-. The summed E-state index contributed by atoms with van der Waals surface area (Å²) < 4.78 is 51.3. The van der Waals surface area contributed by atoms with Crippen molar-refractivity contribution in [3.63, 3.8) is 0 Å². The van der Waals surface area contributed by atoms with E-state index in [1.54, 1.807) is 31.2 Å². The summed E-state index contributed by atoms with van der Waals surface area (Å²) in [5, 5.41) is 44.0. The molecule has 51 heavy (non-hydrogen) atoms. The zero-order valence-electron chi connectivity index (χ0n) is 27.8. The first-order chi connectivity index (χ1) is 23.1. The summed E-state index contributed by atoms with van der Waals surface area (Å²) in [5.41, 5.74) is 2.20. The molecule has 0 heterocycles. The molecule has 0 bridgehead atoms. The molecule has 0 fully saturated rings. The van der Waals surface area contributed by atoms with Gasteiger partial charge in [-0.3, -0.25) is 20.2 Å². The molecule has 5 aromatic rings. The number of rotatable bonds is 9. The van der Waals surface area contributed by atoms with Crippen LogP contribution in [-0.2, 0) is 29.0 Å². The minimum atomic E-state index is -3.38. The van der Waals surface area contributed by atoms with Crippen molar-refractivity contribution in [2.24, 2.45) is 10.2 Å². The van der Waals surface area contributed by atoms with E-state index in [-0.39, 0.29) is 84.8 Å². The number of phenols is 1. The maximum Gasteiger partial charge on any atom is 1.00 e. The molecule has 0 aliphatic heterocycles. The van der Waals surface area contributed by atoms with Crippen LogP contribution in [0.4, 0.5) is 34.1 Å². The Morgan fingerprint density at radius 1 is 0.863 bits per heavy atom. The molecule has 0 saturated carbocycles. The number of azo groups is 1. The molecule has 262 valence electrons. The fourth-order valence-corrected chi connectivity index (χ4v) is 5.66. The molecule has 5 aromatic carbocycles. The number of benzene rings is 5. The van der Waals surface area contributed by atoms with Crippen molar-refractivity contribution in [1.82, 2.24) is 0 Å². The van der Waals surface area contributed by atoms with Gasteiger partial charge in [-0.15, -0.1) is 10.2 Å². The fourth-order valence-electron chi connectivity index (χ4n) is 4.48. The summed E-state index contributed by atoms with van der Waals surface area (Å²) in [6.45, 7) is 3.55. The number of phenolic OH excluding ortho intramolecular Hbond substituents is 1. The monoisotopic (exact) mass is 746 g/mol. The number of non-ortho nitro benzene ring substituents is 1. The molecule has 16 nitrogen and oxygen atoms in total. The molecule has 0 aliphatic carbocycles. The zero-order chi connectivity index (χ0) is 36.0. The van der Waals surface area contributed by atoms with Crippen LogP contribution in [0, 0.1) is 34.1 Å². The number of aromatic hydroxyl groups is 1. The Kier molecular flexibility index (Phi) is 14.7. The van der Waals surface area contributed by atoms with E-state index in [2.05, 4.69) is 15.5 Å². The largest absolute Gasteiger partial charge is 1.00 e. The molecule has 3 N–H and O–H groups in total. The number of hydrogen-bond donors (Lipinski definition) is 2. The number of nitrogens with zero attached hydrogens (tertiary/aromatic N) is 4. The predicted molar refractivity (Wildman–Crippen MR) is 184 cm³/mol. The van der Waals surface area contributed by atoms with Crippen LogP contribution in [0.2, 0.25) is 0 Å². The van der Waals surface area contributed by atoms with Gasteiger partial charge in [0.1, 0.15) is 28.6 Å². The summed E-state index contributed by atoms with van der Waals surface area (Å²) in [7, 11) is -4.43. The van der Waals surface area contributed by atoms with E-state index in [0.29, 0.717) is 22.0 Å². The number of fused-ring (bicyclic) bond motifs is 1. The van der Waals surface area contributed by atoms with Crippen molar-refractivity contribution >= 4 is 65.4 Å². The van der Waals surface area contributed by atoms with Crippen LogP contribution >= 0.6 is 0 Å². The number of ether oxygens (including phenoxy) is 1. The van der Waals surface area contributed by atoms with Crippen molar-refractivity contribution in [2.75, 3.05) is 18.7 Å². The van der Waals surface area contributed by atoms with Crippen molar-refractivity contribution in [1.29, 1.82) is 0 Å². The number of sulfone groups is 1. The molecule has 0 saturated heterocycles. The van der Waals surface area contributed by atoms with Crippen LogP contribution in [0.25, 0.3) is 10.8 Å². The number of nitro groups is 2. The van der Waals surface area contributed by atoms with E-state index >= 15 is 0 Å². The number of hydrogen-bond acceptors (Lipinski definition) is 15. The van der Waals surface area contributed by atoms with Crippen molar-refractivity contribution < 1.29 is 71.6 Å². The van der Waals surface area contributed by atoms with E-state index in [9.17, 15) is 42.2 Å². The smallest absolute Gasteiger partial charge is 0.870 e. The van der Waals surface area contributed by atoms with Crippen LogP contribution < -0.4 is 39.6 Å². The van der Waals surface area contributed by atoms with Crippen LogP contribution in [0.15, 0.2) is 105 Å². The molecule has 19 heteroatoms. The Morgan fingerprint density at radius 3 is 2.10 bits per heavy atom. The molecule has 5 rings (SSSR count). The van der Waals surface area contributed by atoms with E-state index in [1.807, 2.05) is 19.1 Å². The van der Waals surface area contributed by atoms with E-state index < -0.39 is 30.4 Å². The van der Waals surface area contributed by atoms with Gasteiger partial charge in [0.25, 0.3) is 11.4 Å². The van der Waals surface area contributed by atoms with Gasteiger partial charge in [0.15, 0.2) is 9.84 Å². The second kappa shape index (κ2) is 17.8. The normalized spacial score (nSPS) is 10.8. The average Bonchev–Trinajstić information content (AvgIpc) is 3.04. The fraction of sp³-hybridized carbons (Fsp3) is 0.125. The van der Waals surface area contributed by atoms with Gasteiger partial charge >= 0.3 is 29.6 Å². The number of methoxy groups -OCH3 is 1. The molecular weight excluding hydrogens is 718 g/mol. The Bertz CT molecular complexity index is 2310. The molecule has 0 aromatic heterocycles. The third kappa shape index (κ3) is 10.5. The maximum atomic E-state index is 11.8. The van der Waals surface area contributed by atoms with E-state index in [1.165, 1.54) is 49.6 Å². The van der Waals surface area contributed by atoms with Crippen LogP contribution in [-0.4, -0.2) is 42.2 Å². The Hall–Kier alpha value is -4.98. The molecule has 0 unspecified atom stereocenters. The second-order valence-corrected chi connectivity index (χ2v) is 13.4. The minimum absolute atomic E-state index is 0. The van der Waals surface area contributed by atoms with Crippen molar-refractivity contribution in [2.45, 2.75) is 23.6 Å². The number of nitro benzene ring substituents is 2. The summed E-state index contributed by atoms with van der Waals surface area (Å²) in [5.74, 6) is 0.0685.